The Balaban J connectivity index is 3.03. The van der Waals surface area contributed by atoms with Crippen LogP contribution in [-0.2, 0) is 10.0 Å². The highest BCUT2D eigenvalue weighted by atomic mass is 79.9. The molecular formula is C8H9BrClNO2S. The van der Waals surface area contributed by atoms with Crippen LogP contribution in [0.25, 0.3) is 0 Å². The Labute approximate surface area is 96.6 Å². The Bertz CT molecular complexity index is 433. The van der Waals surface area contributed by atoms with Crippen molar-refractivity contribution >= 4 is 43.2 Å². The monoisotopic (exact) mass is 297 g/mol. The maximum atomic E-state index is 11.2. The topological polar surface area (TPSA) is 46.2 Å². The molecule has 3 nitrogen and oxygen atoms in total. The van der Waals surface area contributed by atoms with E-state index in [1.165, 1.54) is 0 Å². The van der Waals surface area contributed by atoms with Gasteiger partial charge < -0.3 is 0 Å². The van der Waals surface area contributed by atoms with Gasteiger partial charge in [0.15, 0.2) is 0 Å². The number of benzene rings is 1. The number of halogens is 2. The highest BCUT2D eigenvalue weighted by Gasteiger charge is 2.09. The van der Waals surface area contributed by atoms with Gasteiger partial charge >= 0.3 is 0 Å². The van der Waals surface area contributed by atoms with Crippen molar-refractivity contribution in [3.63, 3.8) is 0 Å². The van der Waals surface area contributed by atoms with Crippen molar-refractivity contribution in [2.75, 3.05) is 9.93 Å². The molecule has 0 bridgehead atoms. The number of nitrogens with one attached hydrogen (secondary N) is 1. The van der Waals surface area contributed by atoms with E-state index in [4.69, 9.17) is 11.6 Å². The van der Waals surface area contributed by atoms with Crippen molar-refractivity contribution in [3.05, 3.63) is 28.2 Å². The largest absolute Gasteiger partial charge is 0.282 e. The molecule has 0 saturated carbocycles. The molecule has 0 atom stereocenters. The van der Waals surface area contributed by atoms with Crippen LogP contribution >= 0.6 is 27.5 Å². The van der Waals surface area contributed by atoms with Crippen LogP contribution in [0.15, 0.2) is 22.7 Å². The zero-order valence-electron chi connectivity index (χ0n) is 7.42. The number of anilines is 1. The minimum Gasteiger partial charge on any atom is -0.282 e. The van der Waals surface area contributed by atoms with Gasteiger partial charge in [-0.25, -0.2) is 8.42 Å². The van der Waals surface area contributed by atoms with Crippen LogP contribution in [0.3, 0.4) is 0 Å². The summed E-state index contributed by atoms with van der Waals surface area (Å²) in [7, 11) is -3.42. The highest BCUT2D eigenvalue weighted by molar-refractivity contribution is 9.10. The standard InChI is InChI=1S/C8H9BrClNO2S/c1-6-2-3-7(9)4-8(6)11-14(12,13)5-10/h2-4,11H,5H2,1H3. The molecule has 1 aromatic carbocycles. The molecule has 0 aliphatic heterocycles. The minimum atomic E-state index is -3.42. The van der Waals surface area contributed by atoms with Gasteiger partial charge in [-0.3, -0.25) is 4.72 Å². The molecule has 78 valence electrons. The van der Waals surface area contributed by atoms with Gasteiger partial charge in [0.25, 0.3) is 0 Å². The van der Waals surface area contributed by atoms with E-state index in [1.54, 1.807) is 6.07 Å². The molecule has 0 unspecified atom stereocenters. The normalized spacial score (nSPS) is 11.4. The molecule has 0 heterocycles. The van der Waals surface area contributed by atoms with E-state index in [0.717, 1.165) is 10.0 Å². The number of rotatable bonds is 3. The average Bonchev–Trinajstić information content (AvgIpc) is 2.11. The third-order valence-electron chi connectivity index (χ3n) is 1.61. The summed E-state index contributed by atoms with van der Waals surface area (Å²) in [6.45, 7) is 1.82. The molecule has 0 saturated heterocycles. The second-order valence-electron chi connectivity index (χ2n) is 2.79. The fourth-order valence-electron chi connectivity index (χ4n) is 0.899. The predicted molar refractivity (Wildman–Crippen MR) is 62.1 cm³/mol. The number of sulfonamides is 1. The first-order chi connectivity index (χ1) is 6.44. The molecule has 1 rings (SSSR count). The summed E-state index contributed by atoms with van der Waals surface area (Å²) in [4.78, 5) is 0. The summed E-state index contributed by atoms with van der Waals surface area (Å²) in [5.74, 6) is 0. The van der Waals surface area contributed by atoms with Gasteiger partial charge in [0, 0.05) is 4.47 Å². The average molecular weight is 299 g/mol. The van der Waals surface area contributed by atoms with E-state index in [-0.39, 0.29) is 0 Å². The zero-order valence-corrected chi connectivity index (χ0v) is 10.6. The van der Waals surface area contributed by atoms with Crippen LogP contribution in [0.5, 0.6) is 0 Å². The van der Waals surface area contributed by atoms with E-state index in [0.29, 0.717) is 5.69 Å². The first kappa shape index (κ1) is 11.8. The number of hydrogen-bond acceptors (Lipinski definition) is 2. The predicted octanol–water partition coefficient (Wildman–Crippen LogP) is 2.70. The number of hydrogen-bond donors (Lipinski definition) is 1. The molecule has 0 radical (unpaired) electrons. The van der Waals surface area contributed by atoms with Gasteiger partial charge in [-0.05, 0) is 24.6 Å². The van der Waals surface area contributed by atoms with Crippen molar-refractivity contribution in [2.24, 2.45) is 0 Å². The fourth-order valence-corrected chi connectivity index (χ4v) is 2.03. The van der Waals surface area contributed by atoms with Crippen LogP contribution in [-0.4, -0.2) is 13.6 Å². The summed E-state index contributed by atoms with van der Waals surface area (Å²) >= 11 is 8.53. The lowest BCUT2D eigenvalue weighted by Gasteiger charge is -2.08. The molecule has 0 aromatic heterocycles. The molecule has 1 N–H and O–H groups in total. The number of alkyl halides is 1. The number of aryl methyl sites for hydroxylation is 1. The molecule has 1 aromatic rings. The van der Waals surface area contributed by atoms with Gasteiger partial charge in [0.2, 0.25) is 10.0 Å². The lowest BCUT2D eigenvalue weighted by atomic mass is 10.2. The Morgan fingerprint density at radius 1 is 1.50 bits per heavy atom. The third-order valence-corrected chi connectivity index (χ3v) is 3.78. The minimum absolute atomic E-state index is 0.445. The zero-order chi connectivity index (χ0) is 10.8. The first-order valence-corrected chi connectivity index (χ1v) is 6.75. The molecule has 0 aliphatic rings. The summed E-state index contributed by atoms with van der Waals surface area (Å²) < 4.78 is 25.6. The van der Waals surface area contributed by atoms with Crippen molar-refractivity contribution < 1.29 is 8.42 Å². The Morgan fingerprint density at radius 3 is 2.71 bits per heavy atom. The molecule has 0 fully saturated rings. The first-order valence-electron chi connectivity index (χ1n) is 3.77. The second kappa shape index (κ2) is 4.51. The summed E-state index contributed by atoms with van der Waals surface area (Å²) in [5, 5.41) is -0.445. The van der Waals surface area contributed by atoms with Gasteiger partial charge in [-0.2, -0.15) is 0 Å². The van der Waals surface area contributed by atoms with Crippen LogP contribution in [0.1, 0.15) is 5.56 Å². The maximum Gasteiger partial charge on any atom is 0.246 e. The van der Waals surface area contributed by atoms with E-state index in [2.05, 4.69) is 20.7 Å². The molecule has 6 heteroatoms. The lowest BCUT2D eigenvalue weighted by molar-refractivity contribution is 0.605. The lowest BCUT2D eigenvalue weighted by Crippen LogP contribution is -2.14. The smallest absolute Gasteiger partial charge is 0.246 e. The Hall–Kier alpha value is -0.260. The van der Waals surface area contributed by atoms with E-state index < -0.39 is 15.2 Å². The van der Waals surface area contributed by atoms with Gasteiger partial charge in [-0.15, -0.1) is 11.6 Å². The van der Waals surface area contributed by atoms with Crippen molar-refractivity contribution in [3.8, 4) is 0 Å². The van der Waals surface area contributed by atoms with Gasteiger partial charge in [-0.1, -0.05) is 22.0 Å². The fraction of sp³-hybridized carbons (Fsp3) is 0.250. The SMILES string of the molecule is Cc1ccc(Br)cc1NS(=O)(=O)CCl. The highest BCUT2D eigenvalue weighted by Crippen LogP contribution is 2.21. The quantitative estimate of drug-likeness (QED) is 0.872. The maximum absolute atomic E-state index is 11.2. The summed E-state index contributed by atoms with van der Waals surface area (Å²) in [5.41, 5.74) is 1.39. The Kier molecular flexibility index (Phi) is 3.80. The molecule has 0 aliphatic carbocycles. The van der Waals surface area contributed by atoms with Crippen LogP contribution < -0.4 is 4.72 Å². The van der Waals surface area contributed by atoms with Crippen LogP contribution in [0, 0.1) is 6.92 Å². The summed E-state index contributed by atoms with van der Waals surface area (Å²) in [6.07, 6.45) is 0. The van der Waals surface area contributed by atoms with Gasteiger partial charge in [0.1, 0.15) is 5.21 Å². The molecule has 14 heavy (non-hydrogen) atoms. The van der Waals surface area contributed by atoms with E-state index in [9.17, 15) is 8.42 Å². The molecular weight excluding hydrogens is 290 g/mol. The Morgan fingerprint density at radius 2 is 2.14 bits per heavy atom. The molecule has 0 spiro atoms. The van der Waals surface area contributed by atoms with Crippen molar-refractivity contribution in [2.45, 2.75) is 6.92 Å². The van der Waals surface area contributed by atoms with Crippen LogP contribution in [0.4, 0.5) is 5.69 Å². The molecule has 0 amide bonds. The van der Waals surface area contributed by atoms with E-state index >= 15 is 0 Å². The summed E-state index contributed by atoms with van der Waals surface area (Å²) in [6, 6.07) is 5.35. The van der Waals surface area contributed by atoms with E-state index in [1.807, 2.05) is 19.1 Å². The second-order valence-corrected chi connectivity index (χ2v) is 6.01. The van der Waals surface area contributed by atoms with Gasteiger partial charge in [0.05, 0.1) is 5.69 Å². The van der Waals surface area contributed by atoms with Crippen LogP contribution in [0.2, 0.25) is 0 Å². The van der Waals surface area contributed by atoms with Crippen molar-refractivity contribution in [1.29, 1.82) is 0 Å². The third kappa shape index (κ3) is 3.15. The van der Waals surface area contributed by atoms with Crippen molar-refractivity contribution in [1.82, 2.24) is 0 Å².